The van der Waals surface area contributed by atoms with Gasteiger partial charge in [-0.05, 0) is 63.4 Å². The van der Waals surface area contributed by atoms with Crippen LogP contribution in [0.2, 0.25) is 0 Å². The van der Waals surface area contributed by atoms with E-state index in [-0.39, 0.29) is 5.91 Å². The summed E-state index contributed by atoms with van der Waals surface area (Å²) in [7, 11) is 0. The van der Waals surface area contributed by atoms with Crippen LogP contribution in [0.15, 0.2) is 41.1 Å². The fraction of sp³-hybridized carbons (Fsp3) is 0.348. The van der Waals surface area contributed by atoms with Gasteiger partial charge >= 0.3 is 0 Å². The third kappa shape index (κ3) is 4.18. The number of nitrogens with zero attached hydrogens (tertiary/aromatic N) is 1. The molecule has 2 aromatic rings. The van der Waals surface area contributed by atoms with Crippen LogP contribution in [0.3, 0.4) is 0 Å². The van der Waals surface area contributed by atoms with E-state index in [0.717, 1.165) is 34.3 Å². The van der Waals surface area contributed by atoms with Crippen LogP contribution in [0.25, 0.3) is 5.57 Å². The maximum Gasteiger partial charge on any atom is 0.260 e. The maximum atomic E-state index is 12.4. The van der Waals surface area contributed by atoms with Gasteiger partial charge in [-0.25, -0.2) is 0 Å². The molecule has 3 atom stereocenters. The SMILES string of the molecule is Cc1cc(NC=C2C(=O)NC(=O)c3ccc(Br)cc32)cnc1C1C[C@@H](C)N[C@@H](C)C1. The molecule has 7 heteroatoms. The van der Waals surface area contributed by atoms with Gasteiger partial charge < -0.3 is 10.6 Å². The first-order chi connectivity index (χ1) is 14.3. The molecule has 1 unspecified atom stereocenters. The molecule has 1 fully saturated rings. The molecule has 1 saturated heterocycles. The van der Waals surface area contributed by atoms with Crippen molar-refractivity contribution in [1.29, 1.82) is 0 Å². The van der Waals surface area contributed by atoms with Gasteiger partial charge in [0.2, 0.25) is 0 Å². The van der Waals surface area contributed by atoms with Crippen molar-refractivity contribution >= 4 is 39.0 Å². The lowest BCUT2D eigenvalue weighted by Crippen LogP contribution is -2.41. The van der Waals surface area contributed by atoms with E-state index >= 15 is 0 Å². The molecule has 0 aliphatic carbocycles. The van der Waals surface area contributed by atoms with E-state index in [1.165, 1.54) is 0 Å². The van der Waals surface area contributed by atoms with Crippen molar-refractivity contribution in [2.45, 2.75) is 51.6 Å². The van der Waals surface area contributed by atoms with Gasteiger partial charge in [0, 0.05) is 45.5 Å². The molecule has 0 spiro atoms. The van der Waals surface area contributed by atoms with Crippen LogP contribution in [0.5, 0.6) is 0 Å². The Bertz CT molecular complexity index is 1040. The lowest BCUT2D eigenvalue weighted by molar-refractivity contribution is -0.114. The number of piperidine rings is 1. The molecule has 6 nitrogen and oxygen atoms in total. The summed E-state index contributed by atoms with van der Waals surface area (Å²) in [6.45, 7) is 6.52. The number of anilines is 1. The summed E-state index contributed by atoms with van der Waals surface area (Å²) in [5, 5.41) is 9.15. The number of nitrogens with one attached hydrogen (secondary N) is 3. The molecule has 2 aliphatic heterocycles. The zero-order chi connectivity index (χ0) is 21.4. The minimum Gasteiger partial charge on any atom is -0.360 e. The number of benzene rings is 1. The highest BCUT2D eigenvalue weighted by Crippen LogP contribution is 2.32. The number of imide groups is 1. The van der Waals surface area contributed by atoms with Crippen molar-refractivity contribution in [2.24, 2.45) is 0 Å². The van der Waals surface area contributed by atoms with Gasteiger partial charge in [-0.2, -0.15) is 0 Å². The van der Waals surface area contributed by atoms with Gasteiger partial charge in [-0.1, -0.05) is 15.9 Å². The number of rotatable bonds is 3. The molecule has 156 valence electrons. The van der Waals surface area contributed by atoms with E-state index in [4.69, 9.17) is 4.98 Å². The largest absolute Gasteiger partial charge is 0.360 e. The standard InChI is InChI=1S/C23H25BrN4O2/c1-12-6-17(10-26-21(12)15-7-13(2)27-14(3)8-15)25-11-20-19-9-16(24)4-5-18(19)22(29)28-23(20)30/h4-6,9-11,13-15,25,27H,7-8H2,1-3H3,(H,28,29,30)/t13-,14+,15?. The number of halogens is 1. The van der Waals surface area contributed by atoms with Crippen molar-refractivity contribution < 1.29 is 9.59 Å². The molecule has 0 saturated carbocycles. The van der Waals surface area contributed by atoms with Crippen molar-refractivity contribution in [2.75, 3.05) is 5.32 Å². The second-order valence-corrected chi connectivity index (χ2v) is 9.15. The minimum atomic E-state index is -0.419. The summed E-state index contributed by atoms with van der Waals surface area (Å²) < 4.78 is 0.807. The third-order valence-corrected chi connectivity index (χ3v) is 6.22. The average Bonchev–Trinajstić information content (AvgIpc) is 2.66. The maximum absolute atomic E-state index is 12.4. The second-order valence-electron chi connectivity index (χ2n) is 8.24. The number of hydrogen-bond donors (Lipinski definition) is 3. The zero-order valence-electron chi connectivity index (χ0n) is 17.3. The smallest absolute Gasteiger partial charge is 0.260 e. The molecular formula is C23H25BrN4O2. The molecular weight excluding hydrogens is 444 g/mol. The molecule has 0 bridgehead atoms. The topological polar surface area (TPSA) is 83.1 Å². The van der Waals surface area contributed by atoms with E-state index < -0.39 is 5.91 Å². The number of pyridine rings is 1. The lowest BCUT2D eigenvalue weighted by atomic mass is 9.85. The Labute approximate surface area is 184 Å². The number of amides is 2. The van der Waals surface area contributed by atoms with E-state index in [1.54, 1.807) is 24.4 Å². The van der Waals surface area contributed by atoms with E-state index in [0.29, 0.717) is 34.7 Å². The Morgan fingerprint density at radius 3 is 2.53 bits per heavy atom. The summed E-state index contributed by atoms with van der Waals surface area (Å²) >= 11 is 3.41. The van der Waals surface area contributed by atoms with Gasteiger partial charge in [0.05, 0.1) is 17.5 Å². The molecule has 2 aliphatic rings. The van der Waals surface area contributed by atoms with Crippen LogP contribution < -0.4 is 16.0 Å². The molecule has 0 radical (unpaired) electrons. The van der Waals surface area contributed by atoms with Crippen LogP contribution >= 0.6 is 15.9 Å². The highest BCUT2D eigenvalue weighted by atomic mass is 79.9. The van der Waals surface area contributed by atoms with Crippen LogP contribution in [0.1, 0.15) is 59.8 Å². The first-order valence-electron chi connectivity index (χ1n) is 10.2. The minimum absolute atomic E-state index is 0.382. The normalized spacial score (nSPS) is 25.1. The van der Waals surface area contributed by atoms with Crippen LogP contribution in [0.4, 0.5) is 5.69 Å². The summed E-state index contributed by atoms with van der Waals surface area (Å²) in [6.07, 6.45) is 5.60. The lowest BCUT2D eigenvalue weighted by Gasteiger charge is -2.33. The highest BCUT2D eigenvalue weighted by Gasteiger charge is 2.28. The molecule has 1 aromatic heterocycles. The second kappa shape index (κ2) is 8.32. The summed E-state index contributed by atoms with van der Waals surface area (Å²) in [5.41, 5.74) is 4.57. The van der Waals surface area contributed by atoms with Gasteiger partial charge in [-0.3, -0.25) is 19.9 Å². The molecule has 3 heterocycles. The summed E-state index contributed by atoms with van der Waals surface area (Å²) in [4.78, 5) is 29.3. The van der Waals surface area contributed by atoms with E-state index in [9.17, 15) is 9.59 Å². The highest BCUT2D eigenvalue weighted by molar-refractivity contribution is 9.10. The van der Waals surface area contributed by atoms with Crippen molar-refractivity contribution in [3.63, 3.8) is 0 Å². The van der Waals surface area contributed by atoms with E-state index in [1.807, 2.05) is 6.20 Å². The molecule has 4 rings (SSSR count). The summed E-state index contributed by atoms with van der Waals surface area (Å²) in [5.74, 6) is -0.355. The van der Waals surface area contributed by atoms with Crippen LogP contribution in [-0.4, -0.2) is 28.9 Å². The predicted molar refractivity (Wildman–Crippen MR) is 121 cm³/mol. The third-order valence-electron chi connectivity index (χ3n) is 5.72. The van der Waals surface area contributed by atoms with Crippen molar-refractivity contribution in [3.05, 3.63) is 63.5 Å². The van der Waals surface area contributed by atoms with Crippen LogP contribution in [-0.2, 0) is 4.79 Å². The molecule has 1 aromatic carbocycles. The number of fused-ring (bicyclic) bond motifs is 1. The monoisotopic (exact) mass is 468 g/mol. The zero-order valence-corrected chi connectivity index (χ0v) is 18.8. The fourth-order valence-electron chi connectivity index (χ4n) is 4.48. The number of carbonyl (C=O) groups excluding carboxylic acids is 2. The first-order valence-corrected chi connectivity index (χ1v) is 11.0. The Morgan fingerprint density at radius 2 is 1.83 bits per heavy atom. The van der Waals surface area contributed by atoms with Crippen LogP contribution in [0, 0.1) is 6.92 Å². The summed E-state index contributed by atoms with van der Waals surface area (Å²) in [6, 6.07) is 8.30. The van der Waals surface area contributed by atoms with Gasteiger partial charge in [0.15, 0.2) is 0 Å². The molecule has 3 N–H and O–H groups in total. The van der Waals surface area contributed by atoms with Crippen molar-refractivity contribution in [1.82, 2.24) is 15.6 Å². The first kappa shape index (κ1) is 20.8. The number of carbonyl (C=O) groups is 2. The average molecular weight is 469 g/mol. The molecule has 2 amide bonds. The van der Waals surface area contributed by atoms with E-state index in [2.05, 4.69) is 58.7 Å². The van der Waals surface area contributed by atoms with Crippen molar-refractivity contribution in [3.8, 4) is 0 Å². The number of hydrogen-bond acceptors (Lipinski definition) is 5. The molecule has 30 heavy (non-hydrogen) atoms. The van der Waals surface area contributed by atoms with Gasteiger partial charge in [0.1, 0.15) is 0 Å². The number of aryl methyl sites for hydroxylation is 1. The fourth-order valence-corrected chi connectivity index (χ4v) is 4.84. The Kier molecular flexibility index (Phi) is 5.75. The Morgan fingerprint density at radius 1 is 1.10 bits per heavy atom. The predicted octanol–water partition coefficient (Wildman–Crippen LogP) is 4.12. The Hall–Kier alpha value is -2.51. The Balaban J connectivity index is 1.58. The number of aromatic nitrogens is 1. The quantitative estimate of drug-likeness (QED) is 0.466. The van der Waals surface area contributed by atoms with Gasteiger partial charge in [-0.15, -0.1) is 0 Å². The van der Waals surface area contributed by atoms with Gasteiger partial charge in [0.25, 0.3) is 11.8 Å².